The van der Waals surface area contributed by atoms with Crippen molar-refractivity contribution in [1.29, 1.82) is 0 Å². The van der Waals surface area contributed by atoms with E-state index in [-0.39, 0.29) is 11.9 Å². The summed E-state index contributed by atoms with van der Waals surface area (Å²) in [4.78, 5) is 14.2. The van der Waals surface area contributed by atoms with Crippen LogP contribution < -0.4 is 5.73 Å². The van der Waals surface area contributed by atoms with E-state index in [1.807, 2.05) is 31.7 Å². The number of hydrogen-bond acceptors (Lipinski definition) is 3. The maximum Gasteiger partial charge on any atom is 0.289 e. The van der Waals surface area contributed by atoms with Crippen molar-refractivity contribution in [2.45, 2.75) is 46.1 Å². The molecule has 1 aromatic heterocycles. The molecule has 19 heavy (non-hydrogen) atoms. The number of hydrogen-bond donors (Lipinski definition) is 1. The topological polar surface area (TPSA) is 59.5 Å². The van der Waals surface area contributed by atoms with Crippen molar-refractivity contribution >= 4 is 5.91 Å². The highest BCUT2D eigenvalue weighted by molar-refractivity contribution is 5.91. The predicted octanol–water partition coefficient (Wildman–Crippen LogP) is 2.35. The minimum atomic E-state index is 0.0194. The van der Waals surface area contributed by atoms with Gasteiger partial charge >= 0.3 is 0 Å². The van der Waals surface area contributed by atoms with Crippen molar-refractivity contribution in [3.8, 4) is 0 Å². The number of nitrogens with zero attached hydrogens (tertiary/aromatic N) is 1. The molecule has 0 aromatic carbocycles. The van der Waals surface area contributed by atoms with E-state index in [1.165, 1.54) is 0 Å². The van der Waals surface area contributed by atoms with Crippen LogP contribution in [0.5, 0.6) is 0 Å². The normalized spacial score (nSPS) is 18.6. The molecular formula is C15H24N2O2. The Morgan fingerprint density at radius 2 is 2.16 bits per heavy atom. The lowest BCUT2D eigenvalue weighted by Crippen LogP contribution is -2.42. The number of nitrogens with two attached hydrogens (primary N) is 1. The zero-order chi connectivity index (χ0) is 14.0. The first-order chi connectivity index (χ1) is 9.02. The van der Waals surface area contributed by atoms with Gasteiger partial charge in [0.05, 0.1) is 0 Å². The van der Waals surface area contributed by atoms with Gasteiger partial charge in [-0.1, -0.05) is 6.92 Å². The summed E-state index contributed by atoms with van der Waals surface area (Å²) in [5, 5.41) is 0. The van der Waals surface area contributed by atoms with Crippen molar-refractivity contribution < 1.29 is 9.21 Å². The minimum Gasteiger partial charge on any atom is -0.456 e. The maximum absolute atomic E-state index is 12.4. The average Bonchev–Trinajstić information content (AvgIpc) is 2.79. The van der Waals surface area contributed by atoms with Gasteiger partial charge in [-0.25, -0.2) is 0 Å². The van der Waals surface area contributed by atoms with E-state index in [4.69, 9.17) is 10.2 Å². The molecule has 1 atom stereocenters. The Bertz CT molecular complexity index is 443. The zero-order valence-electron chi connectivity index (χ0n) is 12.1. The molecule has 1 aliphatic heterocycles. The summed E-state index contributed by atoms with van der Waals surface area (Å²) in [6.45, 7) is 7.64. The third-order valence-corrected chi connectivity index (χ3v) is 4.12. The molecule has 0 spiro atoms. The van der Waals surface area contributed by atoms with Gasteiger partial charge in [-0.2, -0.15) is 0 Å². The van der Waals surface area contributed by atoms with E-state index in [0.717, 1.165) is 43.7 Å². The first-order valence-corrected chi connectivity index (χ1v) is 7.17. The second-order valence-electron chi connectivity index (χ2n) is 5.56. The zero-order valence-corrected chi connectivity index (χ0v) is 12.1. The quantitative estimate of drug-likeness (QED) is 0.911. The van der Waals surface area contributed by atoms with Crippen molar-refractivity contribution in [1.82, 2.24) is 4.90 Å². The van der Waals surface area contributed by atoms with Crippen LogP contribution in [0.1, 0.15) is 48.6 Å². The van der Waals surface area contributed by atoms with E-state index < -0.39 is 0 Å². The van der Waals surface area contributed by atoms with Gasteiger partial charge in [0.25, 0.3) is 5.91 Å². The van der Waals surface area contributed by atoms with Crippen LogP contribution in [0.15, 0.2) is 10.5 Å². The molecule has 0 aliphatic carbocycles. The minimum absolute atomic E-state index is 0.0194. The van der Waals surface area contributed by atoms with Crippen molar-refractivity contribution in [3.63, 3.8) is 0 Å². The lowest BCUT2D eigenvalue weighted by atomic mass is 9.91. The molecule has 2 N–H and O–H groups in total. The van der Waals surface area contributed by atoms with E-state index in [2.05, 4.69) is 0 Å². The molecule has 2 rings (SSSR count). The maximum atomic E-state index is 12.4. The van der Waals surface area contributed by atoms with Gasteiger partial charge in [0.1, 0.15) is 5.76 Å². The van der Waals surface area contributed by atoms with Crippen LogP contribution in [-0.4, -0.2) is 29.9 Å². The van der Waals surface area contributed by atoms with Crippen LogP contribution in [0, 0.1) is 12.8 Å². The van der Waals surface area contributed by atoms with Crippen LogP contribution in [-0.2, 0) is 6.42 Å². The molecule has 0 radical (unpaired) electrons. The van der Waals surface area contributed by atoms with Crippen LogP contribution in [0.3, 0.4) is 0 Å². The van der Waals surface area contributed by atoms with Gasteiger partial charge in [-0.3, -0.25) is 4.79 Å². The predicted molar refractivity (Wildman–Crippen MR) is 75.1 cm³/mol. The Morgan fingerprint density at radius 3 is 2.63 bits per heavy atom. The highest BCUT2D eigenvalue weighted by Crippen LogP contribution is 2.23. The molecule has 4 heteroatoms. The van der Waals surface area contributed by atoms with Gasteiger partial charge in [0.15, 0.2) is 5.76 Å². The number of amides is 1. The van der Waals surface area contributed by atoms with E-state index in [0.29, 0.717) is 11.7 Å². The van der Waals surface area contributed by atoms with Crippen molar-refractivity contribution in [2.24, 2.45) is 11.7 Å². The number of piperidine rings is 1. The highest BCUT2D eigenvalue weighted by Gasteiger charge is 2.27. The second kappa shape index (κ2) is 5.78. The first-order valence-electron chi connectivity index (χ1n) is 7.17. The fourth-order valence-electron chi connectivity index (χ4n) is 2.76. The summed E-state index contributed by atoms with van der Waals surface area (Å²) in [5.74, 6) is 1.95. The van der Waals surface area contributed by atoms with Crippen LogP contribution in [0.25, 0.3) is 0 Å². The van der Waals surface area contributed by atoms with Gasteiger partial charge < -0.3 is 15.1 Å². The van der Waals surface area contributed by atoms with Crippen molar-refractivity contribution in [3.05, 3.63) is 23.2 Å². The Kier molecular flexibility index (Phi) is 4.30. The Labute approximate surface area is 114 Å². The van der Waals surface area contributed by atoms with Gasteiger partial charge in [-0.05, 0) is 44.2 Å². The number of furan rings is 1. The molecule has 4 nitrogen and oxygen atoms in total. The van der Waals surface area contributed by atoms with E-state index in [1.54, 1.807) is 0 Å². The molecular weight excluding hydrogens is 240 g/mol. The van der Waals surface area contributed by atoms with Crippen LogP contribution >= 0.6 is 0 Å². The molecule has 2 heterocycles. The van der Waals surface area contributed by atoms with Crippen LogP contribution in [0.4, 0.5) is 0 Å². The third kappa shape index (κ3) is 3.00. The lowest BCUT2D eigenvalue weighted by Gasteiger charge is -2.33. The smallest absolute Gasteiger partial charge is 0.289 e. The van der Waals surface area contributed by atoms with Crippen molar-refractivity contribution in [2.75, 3.05) is 13.1 Å². The molecule has 1 unspecified atom stereocenters. The van der Waals surface area contributed by atoms with Gasteiger partial charge in [-0.15, -0.1) is 0 Å². The Balaban J connectivity index is 2.01. The van der Waals surface area contributed by atoms with Gasteiger partial charge in [0, 0.05) is 25.6 Å². The summed E-state index contributed by atoms with van der Waals surface area (Å²) < 4.78 is 5.64. The number of likely N-dealkylation sites (tertiary alicyclic amines) is 1. The molecule has 1 amide bonds. The molecule has 1 fully saturated rings. The molecule has 1 aromatic rings. The lowest BCUT2D eigenvalue weighted by molar-refractivity contribution is 0.0647. The average molecular weight is 264 g/mol. The third-order valence-electron chi connectivity index (χ3n) is 4.12. The summed E-state index contributed by atoms with van der Waals surface area (Å²) in [5.41, 5.74) is 6.99. The largest absolute Gasteiger partial charge is 0.456 e. The molecule has 0 saturated carbocycles. The standard InChI is InChI=1S/C15H24N2O2/c1-4-13-10(2)9-14(19-13)15(18)17-7-5-12(6-8-17)11(3)16/h9,11-12H,4-8,16H2,1-3H3. The van der Waals surface area contributed by atoms with E-state index in [9.17, 15) is 4.79 Å². The van der Waals surface area contributed by atoms with E-state index >= 15 is 0 Å². The SMILES string of the molecule is CCc1oc(C(=O)N2CCC(C(C)N)CC2)cc1C. The number of aryl methyl sites for hydroxylation is 2. The second-order valence-corrected chi connectivity index (χ2v) is 5.56. The number of carbonyl (C=O) groups is 1. The fraction of sp³-hybridized carbons (Fsp3) is 0.667. The highest BCUT2D eigenvalue weighted by atomic mass is 16.4. The monoisotopic (exact) mass is 264 g/mol. The summed E-state index contributed by atoms with van der Waals surface area (Å²) in [6.07, 6.45) is 2.80. The number of rotatable bonds is 3. The first kappa shape index (κ1) is 14.1. The summed E-state index contributed by atoms with van der Waals surface area (Å²) in [6, 6.07) is 2.08. The Hall–Kier alpha value is -1.29. The van der Waals surface area contributed by atoms with Crippen LogP contribution in [0.2, 0.25) is 0 Å². The summed E-state index contributed by atoms with van der Waals surface area (Å²) >= 11 is 0. The van der Waals surface area contributed by atoms with Gasteiger partial charge in [0.2, 0.25) is 0 Å². The Morgan fingerprint density at radius 1 is 1.53 bits per heavy atom. The summed E-state index contributed by atoms with van der Waals surface area (Å²) in [7, 11) is 0. The molecule has 1 aliphatic rings. The molecule has 106 valence electrons. The number of carbonyl (C=O) groups excluding carboxylic acids is 1. The fourth-order valence-corrected chi connectivity index (χ4v) is 2.76. The molecule has 0 bridgehead atoms. The molecule has 1 saturated heterocycles.